The van der Waals surface area contributed by atoms with Crippen LogP contribution in [0.2, 0.25) is 0 Å². The van der Waals surface area contributed by atoms with Gasteiger partial charge in [0.05, 0.1) is 13.2 Å². The Morgan fingerprint density at radius 3 is 2.71 bits per heavy atom. The Morgan fingerprint density at radius 1 is 1.24 bits per heavy atom. The number of ether oxygens (including phenoxy) is 1. The molecule has 2 rings (SSSR count). The summed E-state index contributed by atoms with van der Waals surface area (Å²) in [4.78, 5) is 0. The van der Waals surface area contributed by atoms with Gasteiger partial charge in [0.15, 0.2) is 5.16 Å². The van der Waals surface area contributed by atoms with Crippen molar-refractivity contribution in [1.82, 2.24) is 20.1 Å². The van der Waals surface area contributed by atoms with Crippen LogP contribution in [0.4, 0.5) is 0 Å². The lowest BCUT2D eigenvalue weighted by Gasteiger charge is -2.06. The van der Waals surface area contributed by atoms with Gasteiger partial charge in [-0.15, -0.1) is 22.6 Å². The molecular formula is C14H21ClN4OS. The Morgan fingerprint density at radius 2 is 2.00 bits per heavy atom. The molecule has 0 aliphatic heterocycles. The van der Waals surface area contributed by atoms with Crippen molar-refractivity contribution >= 4 is 24.2 Å². The van der Waals surface area contributed by atoms with E-state index >= 15 is 0 Å². The van der Waals surface area contributed by atoms with Crippen LogP contribution < -0.4 is 10.1 Å². The lowest BCUT2D eigenvalue weighted by atomic mass is 10.3. The standard InChI is InChI=1S/C14H20N4OS.ClH/c1-15-11-13-16-17-14(18(13)2)20-10-6-9-19-12-7-4-3-5-8-12;/h3-5,7-8,15H,6,9-11H2,1-2H3;1H. The summed E-state index contributed by atoms with van der Waals surface area (Å²) in [5.74, 6) is 2.85. The first-order valence-electron chi connectivity index (χ1n) is 6.65. The third-order valence-corrected chi connectivity index (χ3v) is 3.90. The maximum Gasteiger partial charge on any atom is 0.190 e. The molecule has 0 aliphatic rings. The average molecular weight is 329 g/mol. The maximum absolute atomic E-state index is 5.65. The number of hydrogen-bond donors (Lipinski definition) is 1. The second-order valence-corrected chi connectivity index (χ2v) is 5.41. The van der Waals surface area contributed by atoms with Gasteiger partial charge in [-0.1, -0.05) is 30.0 Å². The van der Waals surface area contributed by atoms with Crippen molar-refractivity contribution in [3.05, 3.63) is 36.2 Å². The van der Waals surface area contributed by atoms with E-state index in [0.717, 1.165) is 42.1 Å². The first-order valence-corrected chi connectivity index (χ1v) is 7.63. The fraction of sp³-hybridized carbons (Fsp3) is 0.429. The number of nitrogens with one attached hydrogen (secondary N) is 1. The molecule has 1 N–H and O–H groups in total. The predicted octanol–water partition coefficient (Wildman–Crippen LogP) is 2.52. The third kappa shape index (κ3) is 5.57. The zero-order chi connectivity index (χ0) is 14.2. The van der Waals surface area contributed by atoms with Gasteiger partial charge in [0, 0.05) is 12.8 Å². The quantitative estimate of drug-likeness (QED) is 0.596. The lowest BCUT2D eigenvalue weighted by Crippen LogP contribution is -2.10. The van der Waals surface area contributed by atoms with Gasteiger partial charge in [-0.3, -0.25) is 0 Å². The smallest absolute Gasteiger partial charge is 0.190 e. The zero-order valence-corrected chi connectivity index (χ0v) is 13.9. The molecule has 0 radical (unpaired) electrons. The molecular weight excluding hydrogens is 308 g/mol. The number of thioether (sulfide) groups is 1. The summed E-state index contributed by atoms with van der Waals surface area (Å²) in [6.07, 6.45) is 0.980. The van der Waals surface area contributed by atoms with E-state index < -0.39 is 0 Å². The molecule has 7 heteroatoms. The maximum atomic E-state index is 5.65. The summed E-state index contributed by atoms with van der Waals surface area (Å²) in [6.45, 7) is 1.46. The molecule has 1 aromatic carbocycles. The summed E-state index contributed by atoms with van der Waals surface area (Å²) >= 11 is 1.71. The van der Waals surface area contributed by atoms with Crippen LogP contribution in [-0.2, 0) is 13.6 Å². The van der Waals surface area contributed by atoms with Crippen LogP contribution in [0, 0.1) is 0 Å². The van der Waals surface area contributed by atoms with Crippen LogP contribution in [0.5, 0.6) is 5.75 Å². The minimum atomic E-state index is 0. The van der Waals surface area contributed by atoms with Crippen molar-refractivity contribution in [2.45, 2.75) is 18.1 Å². The van der Waals surface area contributed by atoms with Crippen LogP contribution in [0.25, 0.3) is 0 Å². The van der Waals surface area contributed by atoms with Crippen molar-refractivity contribution in [1.29, 1.82) is 0 Å². The number of rotatable bonds is 8. The van der Waals surface area contributed by atoms with E-state index in [-0.39, 0.29) is 12.4 Å². The second-order valence-electron chi connectivity index (χ2n) is 4.35. The van der Waals surface area contributed by atoms with Crippen molar-refractivity contribution in [2.75, 3.05) is 19.4 Å². The Balaban J connectivity index is 0.00000220. The Hall–Kier alpha value is -1.24. The van der Waals surface area contributed by atoms with Gasteiger partial charge in [-0.05, 0) is 25.6 Å². The molecule has 1 aromatic heterocycles. The van der Waals surface area contributed by atoms with Crippen molar-refractivity contribution in [2.24, 2.45) is 7.05 Å². The summed E-state index contributed by atoms with van der Waals surface area (Å²) in [5.41, 5.74) is 0. The SMILES string of the molecule is CNCc1nnc(SCCCOc2ccccc2)n1C.Cl. The fourth-order valence-corrected chi connectivity index (χ4v) is 2.55. The van der Waals surface area contributed by atoms with Gasteiger partial charge in [0.1, 0.15) is 11.6 Å². The number of hydrogen-bond acceptors (Lipinski definition) is 5. The van der Waals surface area contributed by atoms with Crippen molar-refractivity contribution in [3.63, 3.8) is 0 Å². The molecule has 21 heavy (non-hydrogen) atoms. The van der Waals surface area contributed by atoms with E-state index in [2.05, 4.69) is 15.5 Å². The van der Waals surface area contributed by atoms with E-state index in [4.69, 9.17) is 4.74 Å². The first-order chi connectivity index (χ1) is 9.81. The van der Waals surface area contributed by atoms with Crippen LogP contribution in [0.1, 0.15) is 12.2 Å². The van der Waals surface area contributed by atoms with E-state index in [0.29, 0.717) is 0 Å². The normalized spacial score (nSPS) is 10.2. The summed E-state index contributed by atoms with van der Waals surface area (Å²) in [7, 11) is 3.90. The summed E-state index contributed by atoms with van der Waals surface area (Å²) in [6, 6.07) is 9.89. The molecule has 0 aliphatic carbocycles. The molecule has 2 aromatic rings. The van der Waals surface area contributed by atoms with Gasteiger partial charge in [0.2, 0.25) is 0 Å². The number of nitrogens with zero attached hydrogens (tertiary/aromatic N) is 3. The van der Waals surface area contributed by atoms with E-state index in [1.165, 1.54) is 0 Å². The molecule has 0 fully saturated rings. The molecule has 0 bridgehead atoms. The number of para-hydroxylation sites is 1. The molecule has 5 nitrogen and oxygen atoms in total. The van der Waals surface area contributed by atoms with Gasteiger partial charge >= 0.3 is 0 Å². The van der Waals surface area contributed by atoms with Gasteiger partial charge < -0.3 is 14.6 Å². The highest BCUT2D eigenvalue weighted by Gasteiger charge is 2.07. The molecule has 0 saturated carbocycles. The van der Waals surface area contributed by atoms with Crippen LogP contribution >= 0.6 is 24.2 Å². The molecule has 116 valence electrons. The number of aromatic nitrogens is 3. The lowest BCUT2D eigenvalue weighted by molar-refractivity contribution is 0.318. The number of halogens is 1. The van der Waals surface area contributed by atoms with E-state index in [1.54, 1.807) is 11.8 Å². The highest BCUT2D eigenvalue weighted by atomic mass is 35.5. The van der Waals surface area contributed by atoms with Gasteiger partial charge in [-0.25, -0.2) is 0 Å². The van der Waals surface area contributed by atoms with Gasteiger partial charge in [0.25, 0.3) is 0 Å². The Labute approximate surface area is 135 Å². The largest absolute Gasteiger partial charge is 0.494 e. The third-order valence-electron chi connectivity index (χ3n) is 2.79. The Kier molecular flexibility index (Phi) is 8.19. The van der Waals surface area contributed by atoms with Crippen LogP contribution in [0.3, 0.4) is 0 Å². The topological polar surface area (TPSA) is 52.0 Å². The van der Waals surface area contributed by atoms with E-state index in [9.17, 15) is 0 Å². The Bertz CT molecular complexity index is 521. The highest BCUT2D eigenvalue weighted by Crippen LogP contribution is 2.17. The minimum absolute atomic E-state index is 0. The molecule has 0 atom stereocenters. The second kappa shape index (κ2) is 9.65. The summed E-state index contributed by atoms with van der Waals surface area (Å²) < 4.78 is 7.68. The van der Waals surface area contributed by atoms with Crippen molar-refractivity contribution < 1.29 is 4.74 Å². The van der Waals surface area contributed by atoms with Crippen LogP contribution in [-0.4, -0.2) is 34.2 Å². The average Bonchev–Trinajstić information content (AvgIpc) is 2.82. The number of benzene rings is 1. The zero-order valence-electron chi connectivity index (χ0n) is 12.3. The van der Waals surface area contributed by atoms with E-state index in [1.807, 2.05) is 49.0 Å². The summed E-state index contributed by atoms with van der Waals surface area (Å²) in [5, 5.41) is 12.4. The fourth-order valence-electron chi connectivity index (χ4n) is 1.71. The molecule has 0 amide bonds. The monoisotopic (exact) mass is 328 g/mol. The first kappa shape index (κ1) is 17.8. The van der Waals surface area contributed by atoms with Gasteiger partial charge in [-0.2, -0.15) is 0 Å². The van der Waals surface area contributed by atoms with Crippen molar-refractivity contribution in [3.8, 4) is 5.75 Å². The molecule has 0 unspecified atom stereocenters. The van der Waals surface area contributed by atoms with Crippen LogP contribution in [0.15, 0.2) is 35.5 Å². The minimum Gasteiger partial charge on any atom is -0.494 e. The molecule has 1 heterocycles. The molecule has 0 saturated heterocycles. The predicted molar refractivity (Wildman–Crippen MR) is 88.3 cm³/mol. The molecule has 0 spiro atoms. The highest BCUT2D eigenvalue weighted by molar-refractivity contribution is 7.99.